The average molecular weight is 456 g/mol. The Bertz CT molecular complexity index is 1040. The Hall–Kier alpha value is -3.21. The summed E-state index contributed by atoms with van der Waals surface area (Å²) in [5, 5.41) is 12.9. The van der Waals surface area contributed by atoms with Gasteiger partial charge in [-0.1, -0.05) is 17.7 Å². The molecule has 1 saturated heterocycles. The number of amides is 1. The van der Waals surface area contributed by atoms with Gasteiger partial charge in [0.05, 0.1) is 37.8 Å². The molecule has 2 aromatic carbocycles. The number of hydrogen-bond acceptors (Lipinski definition) is 6. The van der Waals surface area contributed by atoms with E-state index in [1.54, 1.807) is 37.4 Å². The highest BCUT2D eigenvalue weighted by Crippen LogP contribution is 2.32. The van der Waals surface area contributed by atoms with Crippen LogP contribution in [-0.2, 0) is 9.53 Å². The molecular formula is C24H26ClN3O4. The molecule has 0 saturated carbocycles. The third-order valence-electron chi connectivity index (χ3n) is 4.79. The largest absolute Gasteiger partial charge is 0.493 e. The molecule has 3 rings (SSSR count). The van der Waals surface area contributed by atoms with Crippen molar-refractivity contribution in [3.8, 4) is 17.6 Å². The van der Waals surface area contributed by atoms with Gasteiger partial charge in [0, 0.05) is 18.1 Å². The van der Waals surface area contributed by atoms with Crippen LogP contribution in [0.15, 0.2) is 42.0 Å². The van der Waals surface area contributed by atoms with Crippen LogP contribution < -0.4 is 19.7 Å². The van der Waals surface area contributed by atoms with Crippen LogP contribution >= 0.6 is 11.6 Å². The maximum Gasteiger partial charge on any atom is 0.266 e. The van der Waals surface area contributed by atoms with Gasteiger partial charge in [-0.15, -0.1) is 0 Å². The molecular weight excluding hydrogens is 430 g/mol. The lowest BCUT2D eigenvalue weighted by atomic mass is 10.1. The SMILES string of the molecule is COc1cc(/C=C(\C#N)C(=O)Nc2cc(Cl)ccc2N2CCOCC2)ccc1OC(C)C. The first-order valence-electron chi connectivity index (χ1n) is 10.3. The first kappa shape index (κ1) is 23.5. The highest BCUT2D eigenvalue weighted by atomic mass is 35.5. The number of halogens is 1. The summed E-state index contributed by atoms with van der Waals surface area (Å²) in [7, 11) is 1.54. The number of nitriles is 1. The van der Waals surface area contributed by atoms with Crippen molar-refractivity contribution in [3.63, 3.8) is 0 Å². The maximum atomic E-state index is 12.9. The van der Waals surface area contributed by atoms with Crippen LogP contribution in [0, 0.1) is 11.3 Å². The maximum absolute atomic E-state index is 12.9. The Kier molecular flexibility index (Phi) is 7.98. The van der Waals surface area contributed by atoms with E-state index in [-0.39, 0.29) is 11.7 Å². The predicted molar refractivity (Wildman–Crippen MR) is 125 cm³/mol. The Morgan fingerprint density at radius 1 is 1.22 bits per heavy atom. The summed E-state index contributed by atoms with van der Waals surface area (Å²) < 4.78 is 16.5. The lowest BCUT2D eigenvalue weighted by Gasteiger charge is -2.30. The second-order valence-corrected chi connectivity index (χ2v) is 7.90. The molecule has 7 nitrogen and oxygen atoms in total. The molecule has 1 N–H and O–H groups in total. The van der Waals surface area contributed by atoms with Crippen molar-refractivity contribution in [1.29, 1.82) is 5.26 Å². The minimum atomic E-state index is -0.522. The summed E-state index contributed by atoms with van der Waals surface area (Å²) in [5.74, 6) is 0.594. The van der Waals surface area contributed by atoms with Crippen LogP contribution in [0.25, 0.3) is 6.08 Å². The van der Waals surface area contributed by atoms with E-state index < -0.39 is 5.91 Å². The molecule has 8 heteroatoms. The number of rotatable bonds is 7. The fraction of sp³-hybridized carbons (Fsp3) is 0.333. The molecule has 1 aliphatic rings. The molecule has 0 aliphatic carbocycles. The van der Waals surface area contributed by atoms with Crippen LogP contribution in [0.5, 0.6) is 11.5 Å². The van der Waals surface area contributed by atoms with Crippen LogP contribution in [0.1, 0.15) is 19.4 Å². The van der Waals surface area contributed by atoms with Gasteiger partial charge < -0.3 is 24.4 Å². The third-order valence-corrected chi connectivity index (χ3v) is 5.02. The number of methoxy groups -OCH3 is 1. The molecule has 0 aromatic heterocycles. The molecule has 32 heavy (non-hydrogen) atoms. The average Bonchev–Trinajstić information content (AvgIpc) is 2.78. The van der Waals surface area contributed by atoms with E-state index in [0.29, 0.717) is 54.1 Å². The van der Waals surface area contributed by atoms with E-state index in [4.69, 9.17) is 25.8 Å². The molecule has 0 bridgehead atoms. The monoisotopic (exact) mass is 455 g/mol. The van der Waals surface area contributed by atoms with Gasteiger partial charge in [0.1, 0.15) is 11.6 Å². The number of carbonyl (C=O) groups is 1. The molecule has 2 aromatic rings. The van der Waals surface area contributed by atoms with Crippen molar-refractivity contribution < 1.29 is 19.0 Å². The van der Waals surface area contributed by atoms with Crippen molar-refractivity contribution in [2.45, 2.75) is 20.0 Å². The highest BCUT2D eigenvalue weighted by Gasteiger charge is 2.18. The summed E-state index contributed by atoms with van der Waals surface area (Å²) in [5.41, 5.74) is 1.98. The lowest BCUT2D eigenvalue weighted by Crippen LogP contribution is -2.36. The number of nitrogens with one attached hydrogen (secondary N) is 1. The molecule has 1 aliphatic heterocycles. The third kappa shape index (κ3) is 5.94. The zero-order chi connectivity index (χ0) is 23.1. The first-order valence-corrected chi connectivity index (χ1v) is 10.7. The Morgan fingerprint density at radius 3 is 2.62 bits per heavy atom. The second kappa shape index (κ2) is 10.9. The zero-order valence-electron chi connectivity index (χ0n) is 18.4. The number of morpholine rings is 1. The molecule has 1 heterocycles. The van der Waals surface area contributed by atoms with E-state index in [2.05, 4.69) is 10.2 Å². The number of carbonyl (C=O) groups excluding carboxylic acids is 1. The van der Waals surface area contributed by atoms with Gasteiger partial charge in [0.2, 0.25) is 0 Å². The van der Waals surface area contributed by atoms with E-state index >= 15 is 0 Å². The van der Waals surface area contributed by atoms with Gasteiger partial charge >= 0.3 is 0 Å². The Balaban J connectivity index is 1.85. The summed E-state index contributed by atoms with van der Waals surface area (Å²) in [6.07, 6.45) is 1.50. The lowest BCUT2D eigenvalue weighted by molar-refractivity contribution is -0.112. The number of hydrogen-bond donors (Lipinski definition) is 1. The molecule has 168 valence electrons. The Morgan fingerprint density at radius 2 is 1.97 bits per heavy atom. The number of nitrogens with zero attached hydrogens (tertiary/aromatic N) is 2. The zero-order valence-corrected chi connectivity index (χ0v) is 19.1. The summed E-state index contributed by atoms with van der Waals surface area (Å²) >= 11 is 6.17. The number of anilines is 2. The minimum Gasteiger partial charge on any atom is -0.493 e. The van der Waals surface area contributed by atoms with Gasteiger partial charge in [0.15, 0.2) is 11.5 Å². The van der Waals surface area contributed by atoms with Gasteiger partial charge in [-0.3, -0.25) is 4.79 Å². The van der Waals surface area contributed by atoms with Gasteiger partial charge in [-0.25, -0.2) is 0 Å². The van der Waals surface area contributed by atoms with Gasteiger partial charge in [-0.2, -0.15) is 5.26 Å². The summed E-state index contributed by atoms with van der Waals surface area (Å²) in [4.78, 5) is 15.0. The summed E-state index contributed by atoms with van der Waals surface area (Å²) in [6.45, 7) is 6.47. The van der Waals surface area contributed by atoms with E-state index in [1.165, 1.54) is 6.08 Å². The van der Waals surface area contributed by atoms with Crippen molar-refractivity contribution >= 4 is 35.0 Å². The van der Waals surface area contributed by atoms with Crippen molar-refractivity contribution in [3.05, 3.63) is 52.6 Å². The van der Waals surface area contributed by atoms with Gasteiger partial charge in [0.25, 0.3) is 5.91 Å². The highest BCUT2D eigenvalue weighted by molar-refractivity contribution is 6.31. The fourth-order valence-corrected chi connectivity index (χ4v) is 3.49. The molecule has 0 radical (unpaired) electrons. The topological polar surface area (TPSA) is 83.8 Å². The quantitative estimate of drug-likeness (QED) is 0.488. The van der Waals surface area contributed by atoms with E-state index in [1.807, 2.05) is 26.0 Å². The molecule has 1 fully saturated rings. The Labute approximate surface area is 193 Å². The predicted octanol–water partition coefficient (Wildman–Crippen LogP) is 4.52. The van der Waals surface area contributed by atoms with Gasteiger partial charge in [-0.05, 0) is 55.8 Å². The molecule has 0 spiro atoms. The van der Waals surface area contributed by atoms with E-state index in [9.17, 15) is 10.1 Å². The standard InChI is InChI=1S/C24H26ClN3O4/c1-16(2)32-22-7-4-17(13-23(22)30-3)12-18(15-26)24(29)27-20-14-19(25)5-6-21(20)28-8-10-31-11-9-28/h4-7,12-14,16H,8-11H2,1-3H3,(H,27,29)/b18-12+. The molecule has 0 atom stereocenters. The van der Waals surface area contributed by atoms with Crippen molar-refractivity contribution in [2.24, 2.45) is 0 Å². The fourth-order valence-electron chi connectivity index (χ4n) is 3.32. The number of benzene rings is 2. The summed E-state index contributed by atoms with van der Waals surface area (Å²) in [6, 6.07) is 12.5. The molecule has 1 amide bonds. The van der Waals surface area contributed by atoms with Crippen LogP contribution in [0.2, 0.25) is 5.02 Å². The van der Waals surface area contributed by atoms with Crippen molar-refractivity contribution in [2.75, 3.05) is 43.6 Å². The van der Waals surface area contributed by atoms with Crippen LogP contribution in [-0.4, -0.2) is 45.4 Å². The smallest absolute Gasteiger partial charge is 0.266 e. The second-order valence-electron chi connectivity index (χ2n) is 7.46. The van der Waals surface area contributed by atoms with Crippen LogP contribution in [0.4, 0.5) is 11.4 Å². The first-order chi connectivity index (χ1) is 15.4. The van der Waals surface area contributed by atoms with E-state index in [0.717, 1.165) is 5.69 Å². The normalized spacial score (nSPS) is 14.1. The number of ether oxygens (including phenoxy) is 3. The molecule has 0 unspecified atom stereocenters. The van der Waals surface area contributed by atoms with Crippen molar-refractivity contribution in [1.82, 2.24) is 0 Å². The van der Waals surface area contributed by atoms with Crippen LogP contribution in [0.3, 0.4) is 0 Å². The minimum absolute atomic E-state index is 0.0101.